The van der Waals surface area contributed by atoms with Gasteiger partial charge in [0.15, 0.2) is 0 Å². The van der Waals surface area contributed by atoms with Gasteiger partial charge in [0.2, 0.25) is 0 Å². The molecule has 14 heavy (non-hydrogen) atoms. The zero-order chi connectivity index (χ0) is 10.8. The van der Waals surface area contributed by atoms with Crippen molar-refractivity contribution >= 4 is 10.2 Å². The minimum absolute atomic E-state index is 0.112. The lowest BCUT2D eigenvalue weighted by Gasteiger charge is -2.05. The number of nitrogens with two attached hydrogens (primary N) is 1. The molecule has 0 spiro atoms. The lowest BCUT2D eigenvalue weighted by Crippen LogP contribution is -2.06. The van der Waals surface area contributed by atoms with Crippen molar-refractivity contribution in [3.63, 3.8) is 0 Å². The van der Waals surface area contributed by atoms with E-state index in [0.717, 1.165) is 6.07 Å². The third-order valence-corrected chi connectivity index (χ3v) is 2.66. The predicted octanol–water partition coefficient (Wildman–Crippen LogP) is 0.785. The van der Waals surface area contributed by atoms with Crippen molar-refractivity contribution in [2.45, 2.75) is 11.4 Å². The highest BCUT2D eigenvalue weighted by atomic mass is 32.3. The van der Waals surface area contributed by atoms with Gasteiger partial charge in [-0.1, -0.05) is 12.0 Å². The third kappa shape index (κ3) is 1.92. The molecule has 74 valence electrons. The third-order valence-electron chi connectivity index (χ3n) is 1.76. The quantitative estimate of drug-likeness (QED) is 0.583. The van der Waals surface area contributed by atoms with Crippen molar-refractivity contribution in [1.82, 2.24) is 0 Å². The van der Waals surface area contributed by atoms with Crippen LogP contribution in [0.4, 0.5) is 3.89 Å². The maximum absolute atomic E-state index is 12.7. The Morgan fingerprint density at radius 1 is 1.50 bits per heavy atom. The molecule has 5 heteroatoms. The Morgan fingerprint density at radius 2 is 2.14 bits per heavy atom. The van der Waals surface area contributed by atoms with E-state index < -0.39 is 15.1 Å². The predicted molar refractivity (Wildman–Crippen MR) is 50.6 cm³/mol. The Morgan fingerprint density at radius 3 is 2.57 bits per heavy atom. The average Bonchev–Trinajstić information content (AvgIpc) is 2.15. The van der Waals surface area contributed by atoms with Crippen LogP contribution in [0, 0.1) is 12.3 Å². The lowest BCUT2D eigenvalue weighted by atomic mass is 10.1. The largest absolute Gasteiger partial charge is 0.332 e. The van der Waals surface area contributed by atoms with Crippen molar-refractivity contribution in [3.8, 4) is 12.3 Å². The fourth-order valence-electron chi connectivity index (χ4n) is 1.14. The number of hydrogen-bond donors (Lipinski definition) is 1. The van der Waals surface area contributed by atoms with Gasteiger partial charge in [-0.15, -0.1) is 10.3 Å². The van der Waals surface area contributed by atoms with Gasteiger partial charge < -0.3 is 5.73 Å². The standard InChI is InChI=1S/C9H8FNO2S/c1-2-7-4-3-5-9(8(7)6-11)14(10,12)13/h1,3-5H,6,11H2. The normalized spacial score (nSPS) is 10.9. The van der Waals surface area contributed by atoms with Crippen molar-refractivity contribution < 1.29 is 12.3 Å². The van der Waals surface area contributed by atoms with Gasteiger partial charge >= 0.3 is 10.2 Å². The smallest absolute Gasteiger partial charge is 0.326 e. The lowest BCUT2D eigenvalue weighted by molar-refractivity contribution is 0.550. The maximum atomic E-state index is 12.7. The summed E-state index contributed by atoms with van der Waals surface area (Å²) in [7, 11) is -4.75. The second-order valence-corrected chi connectivity index (χ2v) is 3.88. The summed E-state index contributed by atoms with van der Waals surface area (Å²) in [6.07, 6.45) is 5.12. The summed E-state index contributed by atoms with van der Waals surface area (Å²) < 4.78 is 34.1. The molecule has 0 unspecified atom stereocenters. The van der Waals surface area contributed by atoms with Crippen LogP contribution < -0.4 is 5.73 Å². The number of terminal acetylenes is 1. The van der Waals surface area contributed by atoms with Crippen molar-refractivity contribution in [3.05, 3.63) is 29.3 Å². The molecule has 1 aromatic carbocycles. The van der Waals surface area contributed by atoms with E-state index in [1.165, 1.54) is 12.1 Å². The molecule has 2 N–H and O–H groups in total. The zero-order valence-corrected chi connectivity index (χ0v) is 8.01. The molecule has 0 saturated carbocycles. The van der Waals surface area contributed by atoms with Crippen molar-refractivity contribution in [2.24, 2.45) is 5.73 Å². The second-order valence-electron chi connectivity index (χ2n) is 2.57. The Balaban J connectivity index is 3.55. The monoisotopic (exact) mass is 213 g/mol. The molecule has 1 aromatic rings. The minimum Gasteiger partial charge on any atom is -0.326 e. The molecule has 0 bridgehead atoms. The molecule has 0 amide bonds. The molecule has 3 nitrogen and oxygen atoms in total. The van der Waals surface area contributed by atoms with Crippen LogP contribution in [0.5, 0.6) is 0 Å². The SMILES string of the molecule is C#Cc1cccc(S(=O)(=O)F)c1CN. The van der Waals surface area contributed by atoms with Crippen LogP contribution in [0.1, 0.15) is 11.1 Å². The van der Waals surface area contributed by atoms with Gasteiger partial charge in [0, 0.05) is 17.7 Å². The van der Waals surface area contributed by atoms with E-state index >= 15 is 0 Å². The van der Waals surface area contributed by atoms with Crippen molar-refractivity contribution in [1.29, 1.82) is 0 Å². The topological polar surface area (TPSA) is 60.2 Å². The van der Waals surface area contributed by atoms with Crippen molar-refractivity contribution in [2.75, 3.05) is 0 Å². The van der Waals surface area contributed by atoms with E-state index in [1.54, 1.807) is 0 Å². The van der Waals surface area contributed by atoms with E-state index in [1.807, 2.05) is 0 Å². The Labute approximate surface area is 82.0 Å². The Bertz CT molecular complexity index is 488. The van der Waals surface area contributed by atoms with Gasteiger partial charge in [-0.25, -0.2) is 0 Å². The van der Waals surface area contributed by atoms with Gasteiger partial charge in [-0.05, 0) is 12.1 Å². The molecule has 0 aliphatic carbocycles. The average molecular weight is 213 g/mol. The first kappa shape index (κ1) is 10.7. The van der Waals surface area contributed by atoms with Gasteiger partial charge in [0.05, 0.1) is 0 Å². The highest BCUT2D eigenvalue weighted by Crippen LogP contribution is 2.20. The van der Waals surface area contributed by atoms with E-state index in [9.17, 15) is 12.3 Å². The summed E-state index contributed by atoms with van der Waals surface area (Å²) in [4.78, 5) is -0.449. The molecule has 1 rings (SSSR count). The summed E-state index contributed by atoms with van der Waals surface area (Å²) in [6.45, 7) is -0.112. The summed E-state index contributed by atoms with van der Waals surface area (Å²) >= 11 is 0. The molecule has 0 aromatic heterocycles. The fourth-order valence-corrected chi connectivity index (χ4v) is 1.87. The van der Waals surface area contributed by atoms with Crippen LogP contribution in [0.3, 0.4) is 0 Å². The van der Waals surface area contributed by atoms with Gasteiger partial charge in [-0.3, -0.25) is 0 Å². The minimum atomic E-state index is -4.75. The first-order chi connectivity index (χ1) is 6.50. The first-order valence-corrected chi connectivity index (χ1v) is 5.12. The number of rotatable bonds is 2. The van der Waals surface area contributed by atoms with E-state index in [4.69, 9.17) is 12.2 Å². The molecule has 0 radical (unpaired) electrons. The fraction of sp³-hybridized carbons (Fsp3) is 0.111. The first-order valence-electron chi connectivity index (χ1n) is 3.74. The van der Waals surface area contributed by atoms with Crippen LogP contribution >= 0.6 is 0 Å². The van der Waals surface area contributed by atoms with Crippen LogP contribution in [0.25, 0.3) is 0 Å². The second kappa shape index (κ2) is 3.78. The molecule has 0 aliphatic heterocycles. The molecule has 0 saturated heterocycles. The van der Waals surface area contributed by atoms with Gasteiger partial charge in [-0.2, -0.15) is 8.42 Å². The van der Waals surface area contributed by atoms with Gasteiger partial charge in [0.1, 0.15) is 4.90 Å². The van der Waals surface area contributed by atoms with E-state index in [0.29, 0.717) is 5.56 Å². The molecule has 0 atom stereocenters. The zero-order valence-electron chi connectivity index (χ0n) is 7.20. The maximum Gasteiger partial charge on any atom is 0.332 e. The van der Waals surface area contributed by atoms with Gasteiger partial charge in [0.25, 0.3) is 0 Å². The van der Waals surface area contributed by atoms with Crippen LogP contribution in [0.15, 0.2) is 23.1 Å². The molecule has 0 aliphatic rings. The molecular formula is C9H8FNO2S. The summed E-state index contributed by atoms with van der Waals surface area (Å²) in [5, 5.41) is 0. The summed E-state index contributed by atoms with van der Waals surface area (Å²) in [5.74, 6) is 2.25. The number of halogens is 1. The number of hydrogen-bond acceptors (Lipinski definition) is 3. The van der Waals surface area contributed by atoms with E-state index in [-0.39, 0.29) is 12.1 Å². The van der Waals surface area contributed by atoms with Crippen LogP contribution in [0.2, 0.25) is 0 Å². The van der Waals surface area contributed by atoms with E-state index in [2.05, 4.69) is 5.92 Å². The molecular weight excluding hydrogens is 205 g/mol. The summed E-state index contributed by atoms with van der Waals surface area (Å²) in [6, 6.07) is 4.02. The molecule has 0 heterocycles. The van der Waals surface area contributed by atoms with Crippen LogP contribution in [-0.4, -0.2) is 8.42 Å². The highest BCUT2D eigenvalue weighted by Gasteiger charge is 2.17. The van der Waals surface area contributed by atoms with Crippen LogP contribution in [-0.2, 0) is 16.8 Å². The highest BCUT2D eigenvalue weighted by molar-refractivity contribution is 7.86. The summed E-state index contributed by atoms with van der Waals surface area (Å²) in [5.41, 5.74) is 5.73. The number of benzene rings is 1. The Hall–Kier alpha value is -1.38. The Kier molecular flexibility index (Phi) is 2.89. The molecule has 0 fully saturated rings.